The molecule has 2 aromatic carbocycles. The van der Waals surface area contributed by atoms with E-state index in [2.05, 4.69) is 10.3 Å². The fourth-order valence-electron chi connectivity index (χ4n) is 2.17. The molecule has 1 heterocycles. The molecule has 5 nitrogen and oxygen atoms in total. The van der Waals surface area contributed by atoms with Crippen molar-refractivity contribution in [1.29, 1.82) is 0 Å². The van der Waals surface area contributed by atoms with Crippen LogP contribution in [-0.4, -0.2) is 23.8 Å². The van der Waals surface area contributed by atoms with Crippen LogP contribution in [0.5, 0.6) is 5.75 Å². The number of hydrogen-bond donors (Lipinski definition) is 1. The number of para-hydroxylation sites is 1. The molecule has 0 bridgehead atoms. The molecule has 3 rings (SSSR count). The zero-order valence-electron chi connectivity index (χ0n) is 12.6. The van der Waals surface area contributed by atoms with Crippen molar-refractivity contribution in [3.05, 3.63) is 53.6 Å². The molecule has 116 valence electrons. The van der Waals surface area contributed by atoms with Gasteiger partial charge in [-0.15, -0.1) is 0 Å². The molecule has 0 fully saturated rings. The van der Waals surface area contributed by atoms with E-state index in [0.717, 1.165) is 10.2 Å². The first-order chi connectivity index (χ1) is 11.1. The molecule has 0 aliphatic heterocycles. The fourth-order valence-corrected chi connectivity index (χ4v) is 3.05. The third kappa shape index (κ3) is 3.07. The summed E-state index contributed by atoms with van der Waals surface area (Å²) < 4.78 is 6.20. The van der Waals surface area contributed by atoms with E-state index in [1.54, 1.807) is 31.4 Å². The van der Waals surface area contributed by atoms with Crippen molar-refractivity contribution in [1.82, 2.24) is 4.98 Å². The molecule has 0 radical (unpaired) electrons. The Balaban J connectivity index is 1.83. The normalized spacial score (nSPS) is 10.5. The molecule has 0 aliphatic carbocycles. The van der Waals surface area contributed by atoms with Crippen LogP contribution in [0.4, 0.5) is 5.13 Å². The Kier molecular flexibility index (Phi) is 4.08. The van der Waals surface area contributed by atoms with Crippen molar-refractivity contribution in [3.8, 4) is 5.75 Å². The number of hydrogen-bond acceptors (Lipinski definition) is 5. The van der Waals surface area contributed by atoms with Crippen molar-refractivity contribution in [2.24, 2.45) is 0 Å². The number of rotatable bonds is 4. The van der Waals surface area contributed by atoms with E-state index < -0.39 is 0 Å². The molecule has 0 saturated heterocycles. The molecule has 1 N–H and O–H groups in total. The number of nitrogens with one attached hydrogen (secondary N) is 1. The van der Waals surface area contributed by atoms with Gasteiger partial charge < -0.3 is 4.74 Å². The molecule has 0 aliphatic rings. The van der Waals surface area contributed by atoms with Gasteiger partial charge in [0.2, 0.25) is 0 Å². The van der Waals surface area contributed by atoms with Crippen LogP contribution in [0.1, 0.15) is 27.6 Å². The summed E-state index contributed by atoms with van der Waals surface area (Å²) in [5.41, 5.74) is 1.77. The average molecular weight is 326 g/mol. The van der Waals surface area contributed by atoms with E-state index in [9.17, 15) is 9.59 Å². The van der Waals surface area contributed by atoms with E-state index in [-0.39, 0.29) is 11.7 Å². The standard InChI is InChI=1S/C17H14N2O3S/c1-10(20)11-6-8-12(9-7-11)16(21)19-17-18-15-13(22-2)4-3-5-14(15)23-17/h3-9H,1-2H3,(H,18,19,21). The van der Waals surface area contributed by atoms with Crippen molar-refractivity contribution in [2.45, 2.75) is 6.92 Å². The smallest absolute Gasteiger partial charge is 0.257 e. The molecular formula is C17H14N2O3S. The SMILES string of the molecule is COc1cccc2sc(NC(=O)c3ccc(C(C)=O)cc3)nc12. The monoisotopic (exact) mass is 326 g/mol. The van der Waals surface area contributed by atoms with Crippen molar-refractivity contribution >= 4 is 38.4 Å². The summed E-state index contributed by atoms with van der Waals surface area (Å²) in [5, 5.41) is 3.28. The first kappa shape index (κ1) is 15.2. The van der Waals surface area contributed by atoms with Gasteiger partial charge in [0, 0.05) is 11.1 Å². The number of ether oxygens (including phenoxy) is 1. The molecule has 1 amide bonds. The number of anilines is 1. The van der Waals surface area contributed by atoms with Crippen molar-refractivity contribution in [3.63, 3.8) is 0 Å². The Hall–Kier alpha value is -2.73. The van der Waals surface area contributed by atoms with E-state index in [1.807, 2.05) is 18.2 Å². The summed E-state index contributed by atoms with van der Waals surface area (Å²) in [6.07, 6.45) is 0. The predicted molar refractivity (Wildman–Crippen MR) is 90.6 cm³/mol. The fraction of sp³-hybridized carbons (Fsp3) is 0.118. The van der Waals surface area contributed by atoms with E-state index in [4.69, 9.17) is 4.74 Å². The minimum Gasteiger partial charge on any atom is -0.494 e. The number of thiazole rings is 1. The van der Waals surface area contributed by atoms with Crippen LogP contribution in [0, 0.1) is 0 Å². The van der Waals surface area contributed by atoms with Gasteiger partial charge in [0.15, 0.2) is 10.9 Å². The van der Waals surface area contributed by atoms with Crippen molar-refractivity contribution in [2.75, 3.05) is 12.4 Å². The number of aromatic nitrogens is 1. The van der Waals surface area contributed by atoms with Gasteiger partial charge in [-0.25, -0.2) is 4.98 Å². The highest BCUT2D eigenvalue weighted by Crippen LogP contribution is 2.32. The summed E-state index contributed by atoms with van der Waals surface area (Å²) in [7, 11) is 1.59. The average Bonchev–Trinajstić information content (AvgIpc) is 2.97. The van der Waals surface area contributed by atoms with Gasteiger partial charge >= 0.3 is 0 Å². The molecule has 6 heteroatoms. The van der Waals surface area contributed by atoms with Crippen LogP contribution in [0.3, 0.4) is 0 Å². The van der Waals surface area contributed by atoms with Gasteiger partial charge in [-0.3, -0.25) is 14.9 Å². The highest BCUT2D eigenvalue weighted by Gasteiger charge is 2.12. The lowest BCUT2D eigenvalue weighted by Crippen LogP contribution is -2.11. The maximum absolute atomic E-state index is 12.3. The minimum absolute atomic E-state index is 0.0322. The lowest BCUT2D eigenvalue weighted by Gasteiger charge is -2.02. The summed E-state index contributed by atoms with van der Waals surface area (Å²) in [5.74, 6) is 0.374. The Labute approximate surface area is 136 Å². The topological polar surface area (TPSA) is 68.3 Å². The second-order valence-corrected chi connectivity index (χ2v) is 5.94. The molecule has 3 aromatic rings. The third-order valence-electron chi connectivity index (χ3n) is 3.38. The summed E-state index contributed by atoms with van der Waals surface area (Å²) >= 11 is 1.38. The van der Waals surface area contributed by atoms with Gasteiger partial charge in [-0.05, 0) is 31.2 Å². The van der Waals surface area contributed by atoms with Gasteiger partial charge in [0.25, 0.3) is 5.91 Å². The minimum atomic E-state index is -0.266. The van der Waals surface area contributed by atoms with Crippen LogP contribution >= 0.6 is 11.3 Å². The molecule has 0 atom stereocenters. The molecular weight excluding hydrogens is 312 g/mol. The number of ketones is 1. The highest BCUT2D eigenvalue weighted by molar-refractivity contribution is 7.22. The lowest BCUT2D eigenvalue weighted by molar-refractivity contribution is 0.101. The maximum atomic E-state index is 12.3. The number of carbonyl (C=O) groups is 2. The third-order valence-corrected chi connectivity index (χ3v) is 4.31. The summed E-state index contributed by atoms with van der Waals surface area (Å²) in [6, 6.07) is 12.2. The molecule has 1 aromatic heterocycles. The number of methoxy groups -OCH3 is 1. The van der Waals surface area contributed by atoms with Gasteiger partial charge in [0.1, 0.15) is 11.3 Å². The van der Waals surface area contributed by atoms with Gasteiger partial charge in [-0.1, -0.05) is 29.5 Å². The number of nitrogens with zero attached hydrogens (tertiary/aromatic N) is 1. The van der Waals surface area contributed by atoms with Crippen LogP contribution in [0.2, 0.25) is 0 Å². The quantitative estimate of drug-likeness (QED) is 0.741. The Bertz CT molecular complexity index is 884. The van der Waals surface area contributed by atoms with Crippen LogP contribution < -0.4 is 10.1 Å². The van der Waals surface area contributed by atoms with E-state index in [1.165, 1.54) is 18.3 Å². The van der Waals surface area contributed by atoms with E-state index in [0.29, 0.717) is 22.0 Å². The molecule has 0 spiro atoms. The second-order valence-electron chi connectivity index (χ2n) is 4.91. The zero-order chi connectivity index (χ0) is 16.4. The van der Waals surface area contributed by atoms with Gasteiger partial charge in [-0.2, -0.15) is 0 Å². The Morgan fingerprint density at radius 1 is 1.09 bits per heavy atom. The zero-order valence-corrected chi connectivity index (χ0v) is 13.4. The molecule has 0 saturated carbocycles. The van der Waals surface area contributed by atoms with Crippen LogP contribution in [0.15, 0.2) is 42.5 Å². The summed E-state index contributed by atoms with van der Waals surface area (Å²) in [4.78, 5) is 27.9. The lowest BCUT2D eigenvalue weighted by atomic mass is 10.1. The van der Waals surface area contributed by atoms with Gasteiger partial charge in [0.05, 0.1) is 11.8 Å². The molecule has 0 unspecified atom stereocenters. The number of Topliss-reactive ketones (excluding diaryl/α,β-unsaturated/α-hetero) is 1. The first-order valence-electron chi connectivity index (χ1n) is 6.94. The Morgan fingerprint density at radius 3 is 2.43 bits per heavy atom. The van der Waals surface area contributed by atoms with E-state index >= 15 is 0 Å². The Morgan fingerprint density at radius 2 is 1.78 bits per heavy atom. The maximum Gasteiger partial charge on any atom is 0.257 e. The van der Waals surface area contributed by atoms with Crippen molar-refractivity contribution < 1.29 is 14.3 Å². The molecule has 23 heavy (non-hydrogen) atoms. The second kappa shape index (κ2) is 6.18. The highest BCUT2D eigenvalue weighted by atomic mass is 32.1. The number of benzene rings is 2. The number of amides is 1. The van der Waals surface area contributed by atoms with Crippen LogP contribution in [0.25, 0.3) is 10.2 Å². The van der Waals surface area contributed by atoms with Crippen LogP contribution in [-0.2, 0) is 0 Å². The summed E-state index contributed by atoms with van der Waals surface area (Å²) in [6.45, 7) is 1.49. The first-order valence-corrected chi connectivity index (χ1v) is 7.76. The largest absolute Gasteiger partial charge is 0.494 e. The predicted octanol–water partition coefficient (Wildman–Crippen LogP) is 3.76. The number of carbonyl (C=O) groups excluding carboxylic acids is 2. The number of fused-ring (bicyclic) bond motifs is 1.